The van der Waals surface area contributed by atoms with Gasteiger partial charge < -0.3 is 10.3 Å². The smallest absolute Gasteiger partial charge is 0.236 e. The van der Waals surface area contributed by atoms with Crippen molar-refractivity contribution in [1.82, 2.24) is 10.1 Å². The molecular weight excluding hydrogens is 234 g/mol. The Kier molecular flexibility index (Phi) is 4.17. The van der Waals surface area contributed by atoms with Gasteiger partial charge in [-0.1, -0.05) is 29.4 Å². The molecule has 4 nitrogen and oxygen atoms in total. The Hall–Kier alpha value is -1.33. The first-order valence-electron chi connectivity index (χ1n) is 5.47. The molecule has 0 saturated heterocycles. The molecule has 0 amide bonds. The van der Waals surface area contributed by atoms with E-state index in [-0.39, 0.29) is 0 Å². The summed E-state index contributed by atoms with van der Waals surface area (Å²) in [5, 5.41) is 4.00. The summed E-state index contributed by atoms with van der Waals surface area (Å²) >= 11 is 1.70. The van der Waals surface area contributed by atoms with E-state index in [0.717, 1.165) is 22.6 Å². The van der Waals surface area contributed by atoms with Gasteiger partial charge in [-0.05, 0) is 12.5 Å². The van der Waals surface area contributed by atoms with Crippen LogP contribution in [0.25, 0.3) is 11.4 Å². The minimum absolute atomic E-state index is 0.654. The lowest BCUT2D eigenvalue weighted by atomic mass is 10.1. The zero-order valence-electron chi connectivity index (χ0n) is 9.72. The van der Waals surface area contributed by atoms with Crippen molar-refractivity contribution in [1.29, 1.82) is 0 Å². The van der Waals surface area contributed by atoms with Gasteiger partial charge in [0.25, 0.3) is 0 Å². The average molecular weight is 249 g/mol. The first-order valence-corrected chi connectivity index (χ1v) is 6.63. The molecule has 1 aromatic heterocycles. The molecule has 0 unspecified atom stereocenters. The number of aromatic nitrogens is 2. The third-order valence-corrected chi connectivity index (χ3v) is 3.32. The van der Waals surface area contributed by atoms with Crippen molar-refractivity contribution in [3.05, 3.63) is 35.7 Å². The maximum absolute atomic E-state index is 5.42. The molecule has 0 spiro atoms. The van der Waals surface area contributed by atoms with Crippen LogP contribution in [0, 0.1) is 6.92 Å². The number of nitrogens with two attached hydrogens (primary N) is 1. The summed E-state index contributed by atoms with van der Waals surface area (Å²) in [5.41, 5.74) is 7.59. The molecule has 17 heavy (non-hydrogen) atoms. The van der Waals surface area contributed by atoms with E-state index in [1.54, 1.807) is 11.8 Å². The van der Waals surface area contributed by atoms with E-state index in [1.165, 1.54) is 0 Å². The highest BCUT2D eigenvalue weighted by molar-refractivity contribution is 7.98. The Morgan fingerprint density at radius 3 is 2.94 bits per heavy atom. The van der Waals surface area contributed by atoms with Crippen LogP contribution in [-0.4, -0.2) is 22.4 Å². The van der Waals surface area contributed by atoms with Crippen LogP contribution >= 0.6 is 11.8 Å². The van der Waals surface area contributed by atoms with E-state index in [1.807, 2.05) is 31.2 Å². The molecule has 0 atom stereocenters. The van der Waals surface area contributed by atoms with Crippen LogP contribution < -0.4 is 5.73 Å². The van der Waals surface area contributed by atoms with E-state index in [4.69, 9.17) is 10.3 Å². The normalized spacial score (nSPS) is 10.7. The average Bonchev–Trinajstić information content (AvgIpc) is 2.79. The molecule has 5 heteroatoms. The summed E-state index contributed by atoms with van der Waals surface area (Å²) in [4.78, 5) is 4.37. The fourth-order valence-electron chi connectivity index (χ4n) is 1.49. The zero-order chi connectivity index (χ0) is 12.1. The second-order valence-corrected chi connectivity index (χ2v) is 4.77. The van der Waals surface area contributed by atoms with Crippen molar-refractivity contribution in [3.63, 3.8) is 0 Å². The lowest BCUT2D eigenvalue weighted by Crippen LogP contribution is -2.01. The molecule has 2 N–H and O–H groups in total. The third-order valence-electron chi connectivity index (χ3n) is 2.34. The molecule has 2 rings (SSSR count). The molecule has 0 saturated carbocycles. The Labute approximate surface area is 105 Å². The maximum Gasteiger partial charge on any atom is 0.236 e. The fourth-order valence-corrected chi connectivity index (χ4v) is 2.09. The van der Waals surface area contributed by atoms with Crippen LogP contribution in [-0.2, 0) is 5.75 Å². The maximum atomic E-state index is 5.42. The number of benzene rings is 1. The highest BCUT2D eigenvalue weighted by Gasteiger charge is 2.09. The third kappa shape index (κ3) is 3.08. The van der Waals surface area contributed by atoms with Gasteiger partial charge >= 0.3 is 0 Å². The molecule has 0 radical (unpaired) electrons. The second kappa shape index (κ2) is 5.84. The predicted octanol–water partition coefficient (Wildman–Crippen LogP) is 2.24. The molecule has 0 bridgehead atoms. The number of hydrogen-bond donors (Lipinski definition) is 1. The molecular formula is C12H15N3OS. The SMILES string of the molecule is Cc1ccccc1-c1noc(CSCCN)n1. The molecule has 2 aromatic rings. The summed E-state index contributed by atoms with van der Waals surface area (Å²) in [5.74, 6) is 2.94. The summed E-state index contributed by atoms with van der Waals surface area (Å²) in [6, 6.07) is 8.00. The standard InChI is InChI=1S/C12H15N3OS/c1-9-4-2-3-5-10(9)12-14-11(16-15-12)8-17-7-6-13/h2-5H,6-8,13H2,1H3. The molecule has 0 aliphatic heterocycles. The fraction of sp³-hybridized carbons (Fsp3) is 0.333. The van der Waals surface area contributed by atoms with Gasteiger partial charge in [0, 0.05) is 17.9 Å². The van der Waals surface area contributed by atoms with Crippen LogP contribution in [0.3, 0.4) is 0 Å². The first kappa shape index (κ1) is 12.1. The number of thioether (sulfide) groups is 1. The van der Waals surface area contributed by atoms with Gasteiger partial charge in [-0.25, -0.2) is 0 Å². The Morgan fingerprint density at radius 2 is 2.18 bits per heavy atom. The lowest BCUT2D eigenvalue weighted by Gasteiger charge is -1.98. The van der Waals surface area contributed by atoms with Crippen molar-refractivity contribution in [3.8, 4) is 11.4 Å². The van der Waals surface area contributed by atoms with Crippen molar-refractivity contribution >= 4 is 11.8 Å². The highest BCUT2D eigenvalue weighted by Crippen LogP contribution is 2.20. The summed E-state index contributed by atoms with van der Waals surface area (Å²) in [6.45, 7) is 2.71. The largest absolute Gasteiger partial charge is 0.338 e. The Balaban J connectivity index is 2.10. The minimum Gasteiger partial charge on any atom is -0.338 e. The predicted molar refractivity (Wildman–Crippen MR) is 69.7 cm³/mol. The Morgan fingerprint density at radius 1 is 1.35 bits per heavy atom. The van der Waals surface area contributed by atoms with E-state index >= 15 is 0 Å². The van der Waals surface area contributed by atoms with Crippen LogP contribution in [0.2, 0.25) is 0 Å². The first-order chi connectivity index (χ1) is 8.31. The minimum atomic E-state index is 0.654. The second-order valence-electron chi connectivity index (χ2n) is 3.67. The van der Waals surface area contributed by atoms with Gasteiger partial charge in [-0.15, -0.1) is 0 Å². The number of nitrogens with zero attached hydrogens (tertiary/aromatic N) is 2. The van der Waals surface area contributed by atoms with Crippen molar-refractivity contribution in [2.75, 3.05) is 12.3 Å². The molecule has 0 fully saturated rings. The topological polar surface area (TPSA) is 64.9 Å². The lowest BCUT2D eigenvalue weighted by molar-refractivity contribution is 0.391. The van der Waals surface area contributed by atoms with Crippen molar-refractivity contribution < 1.29 is 4.52 Å². The number of rotatable bonds is 5. The van der Waals surface area contributed by atoms with E-state index in [0.29, 0.717) is 18.3 Å². The van der Waals surface area contributed by atoms with Crippen LogP contribution in [0.5, 0.6) is 0 Å². The quantitative estimate of drug-likeness (QED) is 0.823. The van der Waals surface area contributed by atoms with Gasteiger partial charge in [-0.2, -0.15) is 16.7 Å². The van der Waals surface area contributed by atoms with Gasteiger partial charge in [-0.3, -0.25) is 0 Å². The van der Waals surface area contributed by atoms with Crippen molar-refractivity contribution in [2.45, 2.75) is 12.7 Å². The van der Waals surface area contributed by atoms with E-state index < -0.39 is 0 Å². The van der Waals surface area contributed by atoms with Gasteiger partial charge in [0.15, 0.2) is 0 Å². The summed E-state index contributed by atoms with van der Waals surface area (Å²) < 4.78 is 5.20. The molecule has 90 valence electrons. The zero-order valence-corrected chi connectivity index (χ0v) is 10.5. The Bertz CT molecular complexity index is 484. The molecule has 1 aromatic carbocycles. The monoisotopic (exact) mass is 249 g/mol. The van der Waals surface area contributed by atoms with Gasteiger partial charge in [0.2, 0.25) is 11.7 Å². The van der Waals surface area contributed by atoms with Crippen molar-refractivity contribution in [2.24, 2.45) is 5.73 Å². The number of aryl methyl sites for hydroxylation is 1. The molecule has 0 aliphatic carbocycles. The van der Waals surface area contributed by atoms with Gasteiger partial charge in [0.05, 0.1) is 5.75 Å². The molecule has 1 heterocycles. The summed E-state index contributed by atoms with van der Waals surface area (Å²) in [6.07, 6.45) is 0. The molecule has 0 aliphatic rings. The van der Waals surface area contributed by atoms with Crippen LogP contribution in [0.1, 0.15) is 11.5 Å². The highest BCUT2D eigenvalue weighted by atomic mass is 32.2. The van der Waals surface area contributed by atoms with Gasteiger partial charge in [0.1, 0.15) is 0 Å². The van der Waals surface area contributed by atoms with E-state index in [2.05, 4.69) is 10.1 Å². The van der Waals surface area contributed by atoms with Crippen LogP contribution in [0.4, 0.5) is 0 Å². The number of hydrogen-bond acceptors (Lipinski definition) is 5. The van der Waals surface area contributed by atoms with E-state index in [9.17, 15) is 0 Å². The summed E-state index contributed by atoms with van der Waals surface area (Å²) in [7, 11) is 0. The van der Waals surface area contributed by atoms with Crippen LogP contribution in [0.15, 0.2) is 28.8 Å².